The molecule has 0 saturated carbocycles. The molecule has 1 aliphatic carbocycles. The van der Waals surface area contributed by atoms with Crippen LogP contribution < -0.4 is 16.0 Å². The Kier molecular flexibility index (Phi) is 7.22. The summed E-state index contributed by atoms with van der Waals surface area (Å²) in [6, 6.07) is 58.2. The van der Waals surface area contributed by atoms with E-state index in [1.54, 1.807) is 0 Å². The number of hydrogen-bond acceptors (Lipinski definition) is 5. The van der Waals surface area contributed by atoms with Crippen LogP contribution in [0.3, 0.4) is 0 Å². The van der Waals surface area contributed by atoms with E-state index >= 15 is 0 Å². The Hall–Kier alpha value is -7.02. The highest BCUT2D eigenvalue weighted by Crippen LogP contribution is 2.45. The van der Waals surface area contributed by atoms with Gasteiger partial charge in [0.05, 0.1) is 21.4 Å². The maximum Gasteiger partial charge on any atom is 0.159 e. The number of amidine groups is 2. The lowest BCUT2D eigenvalue weighted by Gasteiger charge is -2.27. The van der Waals surface area contributed by atoms with Gasteiger partial charge in [0.15, 0.2) is 5.84 Å². The van der Waals surface area contributed by atoms with E-state index < -0.39 is 0 Å². The normalized spacial score (nSPS) is 16.6. The monoisotopic (exact) mass is 750 g/mol. The van der Waals surface area contributed by atoms with Gasteiger partial charge in [-0.25, -0.2) is 9.98 Å². The quantitative estimate of drug-likeness (QED) is 0.190. The first-order chi connectivity index (χ1) is 28.3. The molecular formula is C51H34N4OS. The molecule has 2 atom stereocenters. The number of fused-ring (bicyclic) bond motifs is 9. The molecule has 0 bridgehead atoms. The van der Waals surface area contributed by atoms with E-state index in [0.29, 0.717) is 0 Å². The summed E-state index contributed by atoms with van der Waals surface area (Å²) in [5.41, 5.74) is 9.93. The second kappa shape index (κ2) is 12.8. The number of nitrogens with zero attached hydrogens (tertiary/aromatic N) is 3. The first kappa shape index (κ1) is 32.2. The molecule has 6 heteroatoms. The minimum atomic E-state index is -0.239. The summed E-state index contributed by atoms with van der Waals surface area (Å²) in [4.78, 5) is 10.3. The van der Waals surface area contributed by atoms with Crippen molar-refractivity contribution in [1.82, 2.24) is 9.88 Å². The van der Waals surface area contributed by atoms with Crippen LogP contribution in [0.25, 0.3) is 81.9 Å². The number of aromatic nitrogens is 1. The Balaban J connectivity index is 1.03. The van der Waals surface area contributed by atoms with Crippen molar-refractivity contribution in [3.05, 3.63) is 186 Å². The minimum Gasteiger partial charge on any atom is -0.456 e. The maximum absolute atomic E-state index is 6.63. The van der Waals surface area contributed by atoms with Crippen LogP contribution >= 0.6 is 11.3 Å². The molecule has 5 nitrogen and oxygen atoms in total. The lowest BCUT2D eigenvalue weighted by molar-refractivity contribution is 0.569. The van der Waals surface area contributed by atoms with Crippen LogP contribution in [0.5, 0.6) is 0 Å². The summed E-state index contributed by atoms with van der Waals surface area (Å²) in [7, 11) is 0. The summed E-state index contributed by atoms with van der Waals surface area (Å²) in [6.45, 7) is 0. The van der Waals surface area contributed by atoms with Gasteiger partial charge in [-0.1, -0.05) is 140 Å². The molecule has 270 valence electrons. The number of aliphatic imine (C=N–C) groups is 2. The summed E-state index contributed by atoms with van der Waals surface area (Å²) in [5, 5.41) is 11.0. The molecule has 57 heavy (non-hydrogen) atoms. The smallest absolute Gasteiger partial charge is 0.159 e. The molecule has 10 aromatic rings. The molecule has 2 unspecified atom stereocenters. The van der Waals surface area contributed by atoms with E-state index in [0.717, 1.165) is 50.8 Å². The lowest BCUT2D eigenvalue weighted by Crippen LogP contribution is -2.39. The van der Waals surface area contributed by atoms with Gasteiger partial charge >= 0.3 is 0 Å². The molecule has 4 heterocycles. The van der Waals surface area contributed by atoms with Gasteiger partial charge in [-0.2, -0.15) is 0 Å². The summed E-state index contributed by atoms with van der Waals surface area (Å²) in [5.74, 6) is 1.67. The van der Waals surface area contributed by atoms with E-state index in [9.17, 15) is 0 Å². The van der Waals surface area contributed by atoms with Gasteiger partial charge in [-0.05, 0) is 59.5 Å². The number of nitrogens with one attached hydrogen (secondary N) is 1. The van der Waals surface area contributed by atoms with Crippen molar-refractivity contribution in [2.45, 2.75) is 12.6 Å². The third-order valence-corrected chi connectivity index (χ3v) is 12.8. The summed E-state index contributed by atoms with van der Waals surface area (Å²) < 4.78 is 11.6. The molecule has 0 radical (unpaired) electrons. The highest BCUT2D eigenvalue weighted by molar-refractivity contribution is 7.26. The first-order valence-corrected chi connectivity index (χ1v) is 20.3. The van der Waals surface area contributed by atoms with E-state index in [1.165, 1.54) is 58.8 Å². The number of thiophene rings is 1. The fourth-order valence-corrected chi connectivity index (χ4v) is 10.3. The predicted molar refractivity (Wildman–Crippen MR) is 238 cm³/mol. The number of rotatable bonds is 5. The van der Waals surface area contributed by atoms with Crippen LogP contribution in [-0.2, 0) is 0 Å². The Morgan fingerprint density at radius 3 is 2.09 bits per heavy atom. The topological polar surface area (TPSA) is 54.8 Å². The van der Waals surface area contributed by atoms with Crippen molar-refractivity contribution in [3.63, 3.8) is 0 Å². The molecule has 1 N–H and O–H groups in total. The fourth-order valence-electron chi connectivity index (χ4n) is 9.02. The van der Waals surface area contributed by atoms with Crippen molar-refractivity contribution in [3.8, 4) is 16.8 Å². The Labute approximate surface area is 331 Å². The number of hydrogen-bond donors (Lipinski definition) is 1. The van der Waals surface area contributed by atoms with Crippen LogP contribution in [-0.4, -0.2) is 16.2 Å². The fraction of sp³-hybridized carbons (Fsp3) is 0.0588. The predicted octanol–water partition coefficient (Wildman–Crippen LogP) is 11.3. The third-order valence-electron chi connectivity index (χ3n) is 11.6. The SMILES string of the molecule is C1=c2oc3cccc(-c4cccc5sc6c(-n7c8ccccc8c8ccccc87)cccc6c45)c3c2=CC(C2=NC(c3ccccc3)=NC(c3ccccc3)N2)C1. The number of furan rings is 1. The van der Waals surface area contributed by atoms with Crippen LogP contribution in [0.4, 0.5) is 0 Å². The van der Waals surface area contributed by atoms with E-state index in [1.807, 2.05) is 35.6 Å². The number of para-hydroxylation sites is 2. The Morgan fingerprint density at radius 1 is 0.632 bits per heavy atom. The highest BCUT2D eigenvalue weighted by atomic mass is 32.1. The average Bonchev–Trinajstić information content (AvgIpc) is 3.96. The molecule has 0 fully saturated rings. The van der Waals surface area contributed by atoms with Crippen LogP contribution in [0.1, 0.15) is 23.7 Å². The lowest BCUT2D eigenvalue weighted by atomic mass is 9.93. The molecule has 0 saturated heterocycles. The van der Waals surface area contributed by atoms with Crippen molar-refractivity contribution >= 4 is 88.1 Å². The largest absolute Gasteiger partial charge is 0.456 e. The molecule has 1 aliphatic heterocycles. The van der Waals surface area contributed by atoms with Crippen LogP contribution in [0.2, 0.25) is 0 Å². The van der Waals surface area contributed by atoms with Crippen molar-refractivity contribution in [1.29, 1.82) is 0 Å². The van der Waals surface area contributed by atoms with Crippen molar-refractivity contribution in [2.75, 3.05) is 0 Å². The van der Waals surface area contributed by atoms with Gasteiger partial charge in [0.1, 0.15) is 23.0 Å². The Morgan fingerprint density at radius 2 is 1.30 bits per heavy atom. The third kappa shape index (κ3) is 5.07. The van der Waals surface area contributed by atoms with Gasteiger partial charge in [-0.15, -0.1) is 11.3 Å². The minimum absolute atomic E-state index is 0.0123. The van der Waals surface area contributed by atoms with Gasteiger partial charge in [0, 0.05) is 48.3 Å². The molecule has 3 aromatic heterocycles. The second-order valence-corrected chi connectivity index (χ2v) is 15.9. The van der Waals surface area contributed by atoms with E-state index in [4.69, 9.17) is 14.4 Å². The zero-order chi connectivity index (χ0) is 37.5. The molecule has 0 spiro atoms. The van der Waals surface area contributed by atoms with Gasteiger partial charge in [0.25, 0.3) is 0 Å². The Bertz CT molecular complexity index is 3370. The van der Waals surface area contributed by atoms with E-state index in [-0.39, 0.29) is 12.1 Å². The van der Waals surface area contributed by atoms with Crippen LogP contribution in [0.15, 0.2) is 178 Å². The van der Waals surface area contributed by atoms with Crippen molar-refractivity contribution < 1.29 is 4.42 Å². The van der Waals surface area contributed by atoms with Crippen molar-refractivity contribution in [2.24, 2.45) is 15.9 Å². The highest BCUT2D eigenvalue weighted by Gasteiger charge is 2.27. The number of benzene rings is 7. The molecule has 2 aliphatic rings. The molecule has 12 rings (SSSR count). The summed E-state index contributed by atoms with van der Waals surface area (Å²) >= 11 is 1.87. The summed E-state index contributed by atoms with van der Waals surface area (Å²) in [6.07, 6.45) is 5.13. The zero-order valence-corrected chi connectivity index (χ0v) is 31.6. The van der Waals surface area contributed by atoms with E-state index in [2.05, 4.69) is 162 Å². The standard InChI is InChI=1S/C51H34N4OS/c1-3-14-31(15-4-1)49-52-50(32-16-5-2-6-17-32)54-51(53-49)33-28-29-43-39(30-33)46-36(20-12-26-44(46)56-43)37-21-13-27-45-47(37)38-22-11-25-42(48(38)57-45)55-40-23-9-7-18-34(40)35-19-8-10-24-41(35)55/h1-27,29-30,33,49H,28H2,(H,52,53,54). The average molecular weight is 751 g/mol. The molecular weight excluding hydrogens is 717 g/mol. The second-order valence-electron chi connectivity index (χ2n) is 14.8. The zero-order valence-electron chi connectivity index (χ0n) is 30.8. The van der Waals surface area contributed by atoms with Gasteiger partial charge in [-0.3, -0.25) is 0 Å². The first-order valence-electron chi connectivity index (χ1n) is 19.5. The maximum atomic E-state index is 6.63. The van der Waals surface area contributed by atoms with Crippen LogP contribution in [0, 0.1) is 5.92 Å². The van der Waals surface area contributed by atoms with Gasteiger partial charge < -0.3 is 14.3 Å². The molecule has 7 aromatic carbocycles. The van der Waals surface area contributed by atoms with Gasteiger partial charge in [0.2, 0.25) is 0 Å². The molecule has 0 amide bonds.